The highest BCUT2D eigenvalue weighted by Crippen LogP contribution is 2.34. The SMILES string of the molecule is CCCCC(NC(=O)[C@@H]1C[C@@H](C=C(C)C)CN1C(=O)[C@@H](NC(=O)N[C@H](CN1C(=O)CC(C)(C)CC1=O)C(C)(C)C)C1CCCCC1)C(=O)C(=O)NCCC. The average Bonchev–Trinajstić information content (AvgIpc) is 3.51. The average molecular weight is 757 g/mol. The van der Waals surface area contributed by atoms with E-state index in [0.29, 0.717) is 32.2 Å². The van der Waals surface area contributed by atoms with Gasteiger partial charge in [0, 0.05) is 32.5 Å². The molecule has 0 aromatic heterocycles. The van der Waals surface area contributed by atoms with Crippen molar-refractivity contribution < 1.29 is 33.6 Å². The molecule has 0 bridgehead atoms. The molecular weight excluding hydrogens is 688 g/mol. The quantitative estimate of drug-likeness (QED) is 0.0997. The lowest BCUT2D eigenvalue weighted by Gasteiger charge is -2.40. The van der Waals surface area contributed by atoms with Gasteiger partial charge in [0.15, 0.2) is 0 Å². The summed E-state index contributed by atoms with van der Waals surface area (Å²) in [6.45, 7) is 18.0. The molecule has 3 fully saturated rings. The molecule has 13 heteroatoms. The van der Waals surface area contributed by atoms with Crippen molar-refractivity contribution in [2.24, 2.45) is 22.7 Å². The fourth-order valence-corrected chi connectivity index (χ4v) is 7.88. The summed E-state index contributed by atoms with van der Waals surface area (Å²) in [5.74, 6) is -3.13. The van der Waals surface area contributed by atoms with Gasteiger partial charge in [0.2, 0.25) is 29.4 Å². The molecule has 3 rings (SSSR count). The first-order valence-corrected chi connectivity index (χ1v) is 20.3. The van der Waals surface area contributed by atoms with Crippen molar-refractivity contribution >= 4 is 41.4 Å². The molecular formula is C41H68N6O7. The number of carbonyl (C=O) groups excluding carboxylic acids is 7. The molecule has 304 valence electrons. The lowest BCUT2D eigenvalue weighted by atomic mass is 9.80. The Labute approximate surface area is 322 Å². The molecule has 2 saturated heterocycles. The van der Waals surface area contributed by atoms with E-state index in [-0.39, 0.29) is 55.5 Å². The summed E-state index contributed by atoms with van der Waals surface area (Å²) in [4.78, 5) is 97.5. The number of piperidine rings is 1. The van der Waals surface area contributed by atoms with Gasteiger partial charge in [-0.15, -0.1) is 0 Å². The van der Waals surface area contributed by atoms with Gasteiger partial charge in [0.1, 0.15) is 12.1 Å². The third kappa shape index (κ3) is 12.6. The number of nitrogens with one attached hydrogen (secondary N) is 4. The summed E-state index contributed by atoms with van der Waals surface area (Å²) in [5.41, 5.74) is 0.0787. The van der Waals surface area contributed by atoms with E-state index in [1.54, 1.807) is 4.90 Å². The highest BCUT2D eigenvalue weighted by Gasteiger charge is 2.45. The van der Waals surface area contributed by atoms with Gasteiger partial charge in [-0.25, -0.2) is 4.79 Å². The number of imide groups is 1. The molecule has 5 atom stereocenters. The van der Waals surface area contributed by atoms with Crippen molar-refractivity contribution in [1.82, 2.24) is 31.1 Å². The fraction of sp³-hybridized carbons (Fsp3) is 0.780. The van der Waals surface area contributed by atoms with Crippen LogP contribution in [0.5, 0.6) is 0 Å². The van der Waals surface area contributed by atoms with Gasteiger partial charge in [0.25, 0.3) is 5.91 Å². The number of unbranched alkanes of at least 4 members (excludes halogenated alkanes) is 1. The van der Waals surface area contributed by atoms with Gasteiger partial charge < -0.3 is 26.2 Å². The van der Waals surface area contributed by atoms with Crippen LogP contribution in [0.15, 0.2) is 11.6 Å². The molecule has 2 heterocycles. The number of rotatable bonds is 16. The van der Waals surface area contributed by atoms with Gasteiger partial charge in [-0.1, -0.05) is 92.2 Å². The Morgan fingerprint density at radius 1 is 0.907 bits per heavy atom. The Bertz CT molecular complexity index is 1390. The summed E-state index contributed by atoms with van der Waals surface area (Å²) in [6.07, 6.45) is 9.50. The van der Waals surface area contributed by atoms with Crippen LogP contribution in [-0.4, -0.2) is 95.0 Å². The van der Waals surface area contributed by atoms with Crippen LogP contribution >= 0.6 is 0 Å². The highest BCUT2D eigenvalue weighted by molar-refractivity contribution is 6.38. The molecule has 3 aliphatic rings. The molecule has 1 unspecified atom stereocenters. The van der Waals surface area contributed by atoms with Crippen molar-refractivity contribution in [3.63, 3.8) is 0 Å². The number of amides is 7. The molecule has 0 aromatic rings. The van der Waals surface area contributed by atoms with Crippen LogP contribution < -0.4 is 21.3 Å². The summed E-state index contributed by atoms with van der Waals surface area (Å²) in [6, 6.07) is -4.05. The van der Waals surface area contributed by atoms with Crippen LogP contribution in [0, 0.1) is 22.7 Å². The van der Waals surface area contributed by atoms with Crippen LogP contribution in [0.25, 0.3) is 0 Å². The van der Waals surface area contributed by atoms with Gasteiger partial charge in [-0.05, 0) is 68.6 Å². The summed E-state index contributed by atoms with van der Waals surface area (Å²) < 4.78 is 0. The monoisotopic (exact) mass is 757 g/mol. The number of carbonyl (C=O) groups is 7. The standard InChI is InChI=1S/C41H68N6O7/c1-10-12-18-29(35(50)37(52)42-19-11-2)43-36(51)30-21-27(20-26(3)4)24-46(30)38(53)34(28-16-14-13-15-17-28)45-39(54)44-31(40(5,6)7)25-47-32(48)22-41(8,9)23-33(47)49/h20,27-31,34H,10-19,21-25H2,1-9H3,(H,42,52)(H,43,51)(H2,44,45,54)/t27-,29?,30+,31-,34+/m1/s1. The van der Waals surface area contributed by atoms with Crippen LogP contribution in [-0.2, 0) is 28.8 Å². The molecule has 7 amide bonds. The highest BCUT2D eigenvalue weighted by atomic mass is 16.2. The zero-order valence-corrected chi connectivity index (χ0v) is 34.4. The second-order valence-corrected chi connectivity index (χ2v) is 17.9. The molecule has 13 nitrogen and oxygen atoms in total. The topological polar surface area (TPSA) is 174 Å². The molecule has 0 aromatic carbocycles. The minimum absolute atomic E-state index is 0.0137. The second kappa shape index (κ2) is 19.7. The van der Waals surface area contributed by atoms with E-state index in [2.05, 4.69) is 21.3 Å². The predicted octanol–water partition coefficient (Wildman–Crippen LogP) is 4.78. The summed E-state index contributed by atoms with van der Waals surface area (Å²) in [5, 5.41) is 11.4. The van der Waals surface area contributed by atoms with E-state index in [0.717, 1.165) is 44.1 Å². The molecule has 54 heavy (non-hydrogen) atoms. The normalized spacial score (nSPS) is 22.2. The number of ketones is 1. The summed E-state index contributed by atoms with van der Waals surface area (Å²) in [7, 11) is 0. The minimum Gasteiger partial charge on any atom is -0.349 e. The lowest BCUT2D eigenvalue weighted by molar-refractivity contribution is -0.153. The molecule has 0 radical (unpaired) electrons. The predicted molar refractivity (Wildman–Crippen MR) is 208 cm³/mol. The van der Waals surface area contributed by atoms with E-state index < -0.39 is 58.6 Å². The van der Waals surface area contributed by atoms with Gasteiger partial charge in [0.05, 0.1) is 12.1 Å². The van der Waals surface area contributed by atoms with Crippen molar-refractivity contribution in [1.29, 1.82) is 0 Å². The Balaban J connectivity index is 1.89. The van der Waals surface area contributed by atoms with E-state index in [4.69, 9.17) is 0 Å². The Hall–Kier alpha value is -3.77. The van der Waals surface area contributed by atoms with Crippen molar-refractivity contribution in [2.45, 2.75) is 164 Å². The van der Waals surface area contributed by atoms with Gasteiger partial charge in [-0.2, -0.15) is 0 Å². The number of allylic oxidation sites excluding steroid dienone is 1. The largest absolute Gasteiger partial charge is 0.349 e. The first kappa shape index (κ1) is 44.6. The maximum atomic E-state index is 14.7. The third-order valence-electron chi connectivity index (χ3n) is 11.0. The van der Waals surface area contributed by atoms with Crippen LogP contribution in [0.3, 0.4) is 0 Å². The zero-order valence-electron chi connectivity index (χ0n) is 34.4. The number of likely N-dealkylation sites (tertiary alicyclic amines) is 2. The second-order valence-electron chi connectivity index (χ2n) is 17.9. The molecule has 2 aliphatic heterocycles. The van der Waals surface area contributed by atoms with Gasteiger partial charge in [-0.3, -0.25) is 33.7 Å². The number of nitrogens with zero attached hydrogens (tertiary/aromatic N) is 2. The zero-order chi connectivity index (χ0) is 40.4. The van der Waals surface area contributed by atoms with Crippen molar-refractivity contribution in [3.8, 4) is 0 Å². The smallest absolute Gasteiger partial charge is 0.315 e. The third-order valence-corrected chi connectivity index (χ3v) is 11.0. The number of urea groups is 1. The maximum Gasteiger partial charge on any atom is 0.315 e. The summed E-state index contributed by atoms with van der Waals surface area (Å²) >= 11 is 0. The van der Waals surface area contributed by atoms with Crippen LogP contribution in [0.4, 0.5) is 4.79 Å². The Morgan fingerprint density at radius 2 is 1.54 bits per heavy atom. The van der Waals surface area contributed by atoms with E-state index in [9.17, 15) is 33.6 Å². The van der Waals surface area contributed by atoms with E-state index in [1.807, 2.05) is 68.4 Å². The lowest BCUT2D eigenvalue weighted by Crippen LogP contribution is -2.61. The molecule has 4 N–H and O–H groups in total. The number of hydrogen-bond acceptors (Lipinski definition) is 7. The number of Topliss-reactive ketones (excluding diaryl/α,β-unsaturated/α-hetero) is 1. The first-order chi connectivity index (χ1) is 25.3. The molecule has 0 spiro atoms. The van der Waals surface area contributed by atoms with Gasteiger partial charge >= 0.3 is 6.03 Å². The van der Waals surface area contributed by atoms with E-state index >= 15 is 0 Å². The van der Waals surface area contributed by atoms with Crippen LogP contribution in [0.1, 0.15) is 139 Å². The first-order valence-electron chi connectivity index (χ1n) is 20.3. The van der Waals surface area contributed by atoms with E-state index in [1.165, 1.54) is 4.90 Å². The Morgan fingerprint density at radius 3 is 2.09 bits per heavy atom. The number of hydrogen-bond donors (Lipinski definition) is 4. The maximum absolute atomic E-state index is 14.7. The van der Waals surface area contributed by atoms with Crippen molar-refractivity contribution in [3.05, 3.63) is 11.6 Å². The fourth-order valence-electron chi connectivity index (χ4n) is 7.88. The minimum atomic E-state index is -1.02. The van der Waals surface area contributed by atoms with Crippen molar-refractivity contribution in [2.75, 3.05) is 19.6 Å². The Kier molecular flexibility index (Phi) is 16.3. The molecule has 1 aliphatic carbocycles. The molecule has 1 saturated carbocycles. The van der Waals surface area contributed by atoms with Crippen LogP contribution in [0.2, 0.25) is 0 Å².